The average molecular weight is 793 g/mol. The molecule has 0 aliphatic heterocycles. The van der Waals surface area contributed by atoms with E-state index in [9.17, 15) is 0 Å². The molecule has 292 valence electrons. The van der Waals surface area contributed by atoms with Crippen LogP contribution in [0.3, 0.4) is 0 Å². The Bertz CT molecular complexity index is 3000. The van der Waals surface area contributed by atoms with E-state index in [-0.39, 0.29) is 0 Å². The molecule has 0 fully saturated rings. The molecule has 0 bridgehead atoms. The summed E-state index contributed by atoms with van der Waals surface area (Å²) in [6, 6.07) is 92.0. The normalized spacial score (nSPS) is 13.4. The molecule has 0 saturated carbocycles. The van der Waals surface area contributed by atoms with Crippen molar-refractivity contribution in [1.29, 1.82) is 0 Å². The highest BCUT2D eigenvalue weighted by Gasteiger charge is 2.61. The Balaban J connectivity index is 1.30. The second-order valence-electron chi connectivity index (χ2n) is 15.9. The van der Waals surface area contributed by atoms with E-state index in [1.54, 1.807) is 0 Å². The third-order valence-electron chi connectivity index (χ3n) is 12.6. The van der Waals surface area contributed by atoms with E-state index in [1.807, 2.05) is 18.2 Å². The molecule has 1 aliphatic rings. The fourth-order valence-electron chi connectivity index (χ4n) is 10.2. The summed E-state index contributed by atoms with van der Waals surface area (Å²) in [4.78, 5) is 10.8. The summed E-state index contributed by atoms with van der Waals surface area (Å²) >= 11 is 0. The van der Waals surface area contributed by atoms with Crippen LogP contribution in [0, 0.1) is 0 Å². The van der Waals surface area contributed by atoms with Crippen molar-refractivity contribution >= 4 is 0 Å². The minimum Gasteiger partial charge on any atom is -0.192 e. The standard InChI is InChI=1S/C59H42N3/c1-8-24-43(25-9-1)55-60-56(44-26-10-2-11-27-44)62(57(61-55)45-28-12-3-13-29-45)50-40-41-54-52(42-50)51-38-22-23-39-53(51)58(46-30-14-4-15-31-46,47-32-16-5-17-33-47)59(54,48-34-18-6-19-35-48)49-36-20-7-21-37-49/h1-42H/q+1. The van der Waals surface area contributed by atoms with Gasteiger partial charge in [-0.3, -0.25) is 0 Å². The molecule has 0 N–H and O–H groups in total. The third-order valence-corrected chi connectivity index (χ3v) is 12.6. The summed E-state index contributed by atoms with van der Waals surface area (Å²) in [5.41, 5.74) is 12.1. The molecule has 11 rings (SSSR count). The van der Waals surface area contributed by atoms with Crippen molar-refractivity contribution in [3.8, 4) is 51.0 Å². The summed E-state index contributed by atoms with van der Waals surface area (Å²) in [6.45, 7) is 0. The number of rotatable bonds is 8. The lowest BCUT2D eigenvalue weighted by Gasteiger charge is -2.57. The number of hydrogen-bond donors (Lipinski definition) is 0. The summed E-state index contributed by atoms with van der Waals surface area (Å²) < 4.78 is 2.25. The highest BCUT2D eigenvalue weighted by molar-refractivity contribution is 5.86. The van der Waals surface area contributed by atoms with Crippen LogP contribution in [0.15, 0.2) is 255 Å². The van der Waals surface area contributed by atoms with Gasteiger partial charge < -0.3 is 0 Å². The van der Waals surface area contributed by atoms with Gasteiger partial charge in [0.25, 0.3) is 11.6 Å². The van der Waals surface area contributed by atoms with E-state index in [4.69, 9.17) is 9.97 Å². The molecule has 0 amide bonds. The van der Waals surface area contributed by atoms with Gasteiger partial charge >= 0.3 is 5.82 Å². The Kier molecular flexibility index (Phi) is 9.28. The molecule has 0 atom stereocenters. The van der Waals surface area contributed by atoms with Gasteiger partial charge in [0.1, 0.15) is 5.69 Å². The Morgan fingerprint density at radius 2 is 0.629 bits per heavy atom. The fourth-order valence-corrected chi connectivity index (χ4v) is 10.2. The van der Waals surface area contributed by atoms with Crippen molar-refractivity contribution in [3.05, 3.63) is 288 Å². The quantitative estimate of drug-likeness (QED) is 0.143. The molecule has 0 unspecified atom stereocenters. The molecule has 1 heterocycles. The van der Waals surface area contributed by atoms with Gasteiger partial charge in [0.05, 0.1) is 27.5 Å². The lowest BCUT2D eigenvalue weighted by molar-refractivity contribution is -0.578. The molecular formula is C59H42N3+. The van der Waals surface area contributed by atoms with Crippen LogP contribution in [0.5, 0.6) is 0 Å². The van der Waals surface area contributed by atoms with Crippen molar-refractivity contribution in [3.63, 3.8) is 0 Å². The van der Waals surface area contributed by atoms with Gasteiger partial charge in [0.15, 0.2) is 0 Å². The molecule has 0 radical (unpaired) electrons. The highest BCUT2D eigenvalue weighted by Crippen LogP contribution is 2.65. The maximum Gasteiger partial charge on any atom is 0.308 e. The maximum atomic E-state index is 5.41. The SMILES string of the molecule is c1ccc(-c2nc(-c3ccccc3)[n+](-c3ccc4c(c3)-c3ccccc3C(c3ccccc3)(c3ccccc3)C4(c3ccccc3)c3ccccc3)c(-c3ccccc3)n2)cc1. The minimum atomic E-state index is -0.747. The maximum absolute atomic E-state index is 5.41. The van der Waals surface area contributed by atoms with Gasteiger partial charge in [0.2, 0.25) is 0 Å². The van der Waals surface area contributed by atoms with E-state index in [1.165, 1.54) is 38.9 Å². The number of aromatic nitrogens is 3. The average Bonchev–Trinajstić information content (AvgIpc) is 3.37. The van der Waals surface area contributed by atoms with Crippen LogP contribution in [0.4, 0.5) is 0 Å². The lowest BCUT2D eigenvalue weighted by atomic mass is 9.43. The molecule has 0 saturated heterocycles. The minimum absolute atomic E-state index is 0.672. The molecule has 1 aliphatic carbocycles. The van der Waals surface area contributed by atoms with E-state index in [2.05, 4.69) is 241 Å². The summed E-state index contributed by atoms with van der Waals surface area (Å²) in [5, 5.41) is 0. The van der Waals surface area contributed by atoms with Gasteiger partial charge in [-0.25, -0.2) is 0 Å². The number of hydrogen-bond acceptors (Lipinski definition) is 2. The predicted molar refractivity (Wildman–Crippen MR) is 251 cm³/mol. The number of benzene rings is 9. The first-order valence-corrected chi connectivity index (χ1v) is 21.3. The molecule has 3 nitrogen and oxygen atoms in total. The predicted octanol–water partition coefficient (Wildman–Crippen LogP) is 13.1. The Hall–Kier alpha value is -8.01. The van der Waals surface area contributed by atoms with Crippen molar-refractivity contribution in [1.82, 2.24) is 9.97 Å². The van der Waals surface area contributed by atoms with E-state index < -0.39 is 10.8 Å². The van der Waals surface area contributed by atoms with Crippen molar-refractivity contribution < 1.29 is 4.57 Å². The molecule has 9 aromatic carbocycles. The molecule has 10 aromatic rings. The Morgan fingerprint density at radius 3 is 1.05 bits per heavy atom. The van der Waals surface area contributed by atoms with Gasteiger partial charge in [-0.2, -0.15) is 4.57 Å². The monoisotopic (exact) mass is 792 g/mol. The Labute approximate surface area is 363 Å². The van der Waals surface area contributed by atoms with E-state index in [0.717, 1.165) is 39.6 Å². The van der Waals surface area contributed by atoms with Gasteiger partial charge in [-0.05, 0) is 93.0 Å². The van der Waals surface area contributed by atoms with Crippen LogP contribution in [0.2, 0.25) is 0 Å². The smallest absolute Gasteiger partial charge is 0.192 e. The topological polar surface area (TPSA) is 29.7 Å². The zero-order chi connectivity index (χ0) is 41.4. The molecular weight excluding hydrogens is 751 g/mol. The zero-order valence-corrected chi connectivity index (χ0v) is 34.1. The summed E-state index contributed by atoms with van der Waals surface area (Å²) in [5.74, 6) is 2.29. The van der Waals surface area contributed by atoms with E-state index >= 15 is 0 Å². The second-order valence-corrected chi connectivity index (χ2v) is 15.9. The van der Waals surface area contributed by atoms with Crippen LogP contribution in [0.1, 0.15) is 33.4 Å². The van der Waals surface area contributed by atoms with Crippen LogP contribution in [0.25, 0.3) is 51.0 Å². The first kappa shape index (κ1) is 37.0. The van der Waals surface area contributed by atoms with Gasteiger partial charge in [-0.1, -0.05) is 216 Å². The molecule has 0 spiro atoms. The highest BCUT2D eigenvalue weighted by atomic mass is 15.2. The largest absolute Gasteiger partial charge is 0.308 e. The Morgan fingerprint density at radius 1 is 0.290 bits per heavy atom. The molecule has 1 aromatic heterocycles. The van der Waals surface area contributed by atoms with Crippen LogP contribution < -0.4 is 4.57 Å². The first-order chi connectivity index (χ1) is 30.8. The molecule has 3 heteroatoms. The fraction of sp³-hybridized carbons (Fsp3) is 0.0339. The van der Waals surface area contributed by atoms with E-state index in [0.29, 0.717) is 5.82 Å². The van der Waals surface area contributed by atoms with Crippen molar-refractivity contribution in [2.24, 2.45) is 0 Å². The number of nitrogens with zero attached hydrogens (tertiary/aromatic N) is 3. The first-order valence-electron chi connectivity index (χ1n) is 21.3. The van der Waals surface area contributed by atoms with Gasteiger partial charge in [0, 0.05) is 0 Å². The van der Waals surface area contributed by atoms with Crippen LogP contribution >= 0.6 is 0 Å². The second kappa shape index (κ2) is 15.5. The van der Waals surface area contributed by atoms with Crippen molar-refractivity contribution in [2.45, 2.75) is 10.8 Å². The van der Waals surface area contributed by atoms with Crippen molar-refractivity contribution in [2.75, 3.05) is 0 Å². The third kappa shape index (κ3) is 5.78. The number of fused-ring (bicyclic) bond motifs is 3. The summed E-state index contributed by atoms with van der Waals surface area (Å²) in [6.07, 6.45) is 0. The zero-order valence-electron chi connectivity index (χ0n) is 34.1. The van der Waals surface area contributed by atoms with Gasteiger partial charge in [-0.15, -0.1) is 0 Å². The van der Waals surface area contributed by atoms with Crippen LogP contribution in [-0.4, -0.2) is 9.97 Å². The molecule has 62 heavy (non-hydrogen) atoms. The lowest BCUT2D eigenvalue weighted by Crippen LogP contribution is -2.55. The summed E-state index contributed by atoms with van der Waals surface area (Å²) in [7, 11) is 0. The van der Waals surface area contributed by atoms with Crippen LogP contribution in [-0.2, 0) is 10.8 Å².